The van der Waals surface area contributed by atoms with Gasteiger partial charge >= 0.3 is 0 Å². The molecule has 2 heterocycles. The Labute approximate surface area is 168 Å². The summed E-state index contributed by atoms with van der Waals surface area (Å²) in [5.41, 5.74) is 6.63. The minimum atomic E-state index is -0.289. The van der Waals surface area contributed by atoms with Crippen molar-refractivity contribution in [2.45, 2.75) is 6.92 Å². The number of hydrogen-bond acceptors (Lipinski definition) is 5. The number of amides is 1. The molecule has 0 aliphatic heterocycles. The first-order valence-corrected chi connectivity index (χ1v) is 9.17. The molecule has 0 spiro atoms. The molecule has 0 aliphatic rings. The number of hydrazone groups is 1. The molecule has 6 heteroatoms. The predicted octanol–water partition coefficient (Wildman–Crippen LogP) is 4.45. The van der Waals surface area contributed by atoms with Gasteiger partial charge in [0.2, 0.25) is 0 Å². The Balaban J connectivity index is 1.42. The number of carbonyl (C=O) groups is 1. The van der Waals surface area contributed by atoms with Crippen LogP contribution in [0.4, 0.5) is 11.5 Å². The molecule has 2 aromatic heterocycles. The molecule has 6 nitrogen and oxygen atoms in total. The Bertz CT molecular complexity index is 1170. The molecule has 2 N–H and O–H groups in total. The van der Waals surface area contributed by atoms with Crippen molar-refractivity contribution >= 4 is 34.5 Å². The summed E-state index contributed by atoms with van der Waals surface area (Å²) in [5, 5.41) is 8.36. The smallest absolute Gasteiger partial charge is 0.271 e. The number of anilines is 2. The fourth-order valence-electron chi connectivity index (χ4n) is 2.94. The summed E-state index contributed by atoms with van der Waals surface area (Å²) in [6, 6.07) is 22.7. The Morgan fingerprint density at radius 2 is 1.79 bits per heavy atom. The van der Waals surface area contributed by atoms with E-state index in [1.54, 1.807) is 24.4 Å². The van der Waals surface area contributed by atoms with E-state index in [0.717, 1.165) is 28.0 Å². The number of benzene rings is 2. The van der Waals surface area contributed by atoms with Crippen LogP contribution in [-0.2, 0) is 0 Å². The third-order valence-corrected chi connectivity index (χ3v) is 4.39. The number of aromatic nitrogens is 2. The quantitative estimate of drug-likeness (QED) is 0.395. The second-order valence-corrected chi connectivity index (χ2v) is 6.50. The lowest BCUT2D eigenvalue weighted by molar-refractivity contribution is 0.0955. The van der Waals surface area contributed by atoms with E-state index in [0.29, 0.717) is 11.3 Å². The van der Waals surface area contributed by atoms with Gasteiger partial charge in [-0.25, -0.2) is 10.4 Å². The van der Waals surface area contributed by atoms with Crippen molar-refractivity contribution in [1.29, 1.82) is 0 Å². The van der Waals surface area contributed by atoms with E-state index >= 15 is 0 Å². The van der Waals surface area contributed by atoms with Crippen LogP contribution in [0.15, 0.2) is 84.1 Å². The molecule has 0 bridgehead atoms. The number of aryl methyl sites for hydroxylation is 1. The van der Waals surface area contributed by atoms with Gasteiger partial charge in [-0.2, -0.15) is 5.10 Å². The van der Waals surface area contributed by atoms with E-state index in [1.165, 1.54) is 6.21 Å². The van der Waals surface area contributed by atoms with Gasteiger partial charge in [0.1, 0.15) is 5.82 Å². The first kappa shape index (κ1) is 18.3. The Morgan fingerprint density at radius 3 is 2.59 bits per heavy atom. The summed E-state index contributed by atoms with van der Waals surface area (Å²) in [4.78, 5) is 21.0. The van der Waals surface area contributed by atoms with Crippen molar-refractivity contribution in [3.05, 3.63) is 95.8 Å². The summed E-state index contributed by atoms with van der Waals surface area (Å²) < 4.78 is 0. The lowest BCUT2D eigenvalue weighted by atomic mass is 10.1. The van der Waals surface area contributed by atoms with Gasteiger partial charge in [0, 0.05) is 22.8 Å². The number of para-hydroxylation sites is 1. The van der Waals surface area contributed by atoms with Crippen molar-refractivity contribution in [1.82, 2.24) is 15.4 Å². The van der Waals surface area contributed by atoms with Crippen molar-refractivity contribution in [2.75, 3.05) is 5.32 Å². The Kier molecular flexibility index (Phi) is 5.25. The zero-order chi connectivity index (χ0) is 20.1. The number of pyridine rings is 2. The normalized spacial score (nSPS) is 10.9. The molecule has 1 amide bonds. The molecule has 0 atom stereocenters. The van der Waals surface area contributed by atoms with Gasteiger partial charge < -0.3 is 5.32 Å². The molecule has 29 heavy (non-hydrogen) atoms. The largest absolute Gasteiger partial charge is 0.340 e. The van der Waals surface area contributed by atoms with Crippen molar-refractivity contribution in [2.24, 2.45) is 5.10 Å². The van der Waals surface area contributed by atoms with Gasteiger partial charge in [0.15, 0.2) is 0 Å². The lowest BCUT2D eigenvalue weighted by Crippen LogP contribution is -2.17. The van der Waals surface area contributed by atoms with Crippen molar-refractivity contribution in [3.63, 3.8) is 0 Å². The highest BCUT2D eigenvalue weighted by Crippen LogP contribution is 2.22. The maximum Gasteiger partial charge on any atom is 0.271 e. The summed E-state index contributed by atoms with van der Waals surface area (Å²) in [7, 11) is 0. The number of nitrogens with zero attached hydrogens (tertiary/aromatic N) is 3. The molecule has 142 valence electrons. The number of nitrogens with one attached hydrogen (secondary N) is 2. The second kappa shape index (κ2) is 8.31. The number of rotatable bonds is 5. The van der Waals surface area contributed by atoms with Crippen LogP contribution in [0, 0.1) is 6.92 Å². The third kappa shape index (κ3) is 4.44. The molecule has 4 aromatic rings. The van der Waals surface area contributed by atoms with Crippen molar-refractivity contribution in [3.8, 4) is 0 Å². The molecular weight excluding hydrogens is 362 g/mol. The molecule has 0 radical (unpaired) electrons. The molecule has 2 aromatic carbocycles. The van der Waals surface area contributed by atoms with Crippen LogP contribution in [0.1, 0.15) is 21.6 Å². The van der Waals surface area contributed by atoms with Gasteiger partial charge in [-0.3, -0.25) is 9.78 Å². The molecule has 0 saturated carbocycles. The number of carbonyl (C=O) groups excluding carboxylic acids is 1. The van der Waals surface area contributed by atoms with Gasteiger partial charge in [0.25, 0.3) is 5.91 Å². The van der Waals surface area contributed by atoms with Gasteiger partial charge in [-0.15, -0.1) is 0 Å². The molecule has 0 aliphatic carbocycles. The summed E-state index contributed by atoms with van der Waals surface area (Å²) in [5.74, 6) is 0.474. The lowest BCUT2D eigenvalue weighted by Gasteiger charge is -2.09. The van der Waals surface area contributed by atoms with Crippen LogP contribution in [0.3, 0.4) is 0 Å². The first-order chi connectivity index (χ1) is 14.2. The minimum Gasteiger partial charge on any atom is -0.340 e. The SMILES string of the molecule is Cc1cc(Nc2ccc(C(=O)N/N=C/c3ccccn3)cc2)nc2ccccc12. The van der Waals surface area contributed by atoms with E-state index in [1.807, 2.05) is 48.5 Å². The monoisotopic (exact) mass is 381 g/mol. The van der Waals surface area contributed by atoms with Crippen LogP contribution in [0.25, 0.3) is 10.9 Å². The van der Waals surface area contributed by atoms with Gasteiger partial charge in [-0.05, 0) is 61.0 Å². The molecule has 4 rings (SSSR count). The average molecular weight is 381 g/mol. The standard InChI is InChI=1S/C23H19N5O/c1-16-14-22(27-21-8-3-2-7-20(16)21)26-18-11-9-17(10-12-18)23(29)28-25-15-19-6-4-5-13-24-19/h2-15H,1H3,(H,26,27)(H,28,29)/b25-15+. The maximum atomic E-state index is 12.2. The first-order valence-electron chi connectivity index (χ1n) is 9.17. The van der Waals surface area contributed by atoms with Crippen LogP contribution in [0.2, 0.25) is 0 Å². The number of hydrogen-bond donors (Lipinski definition) is 2. The summed E-state index contributed by atoms with van der Waals surface area (Å²) >= 11 is 0. The number of fused-ring (bicyclic) bond motifs is 1. The zero-order valence-electron chi connectivity index (χ0n) is 15.8. The maximum absolute atomic E-state index is 12.2. The topological polar surface area (TPSA) is 79.3 Å². The molecule has 0 unspecified atom stereocenters. The van der Waals surface area contributed by atoms with Crippen LogP contribution >= 0.6 is 0 Å². The Morgan fingerprint density at radius 1 is 1.00 bits per heavy atom. The molecular formula is C23H19N5O. The fraction of sp³-hybridized carbons (Fsp3) is 0.0435. The van der Waals surface area contributed by atoms with E-state index in [9.17, 15) is 4.79 Å². The van der Waals surface area contributed by atoms with Crippen LogP contribution < -0.4 is 10.7 Å². The summed E-state index contributed by atoms with van der Waals surface area (Å²) in [6.07, 6.45) is 3.17. The van der Waals surface area contributed by atoms with E-state index in [2.05, 4.69) is 38.8 Å². The zero-order valence-corrected chi connectivity index (χ0v) is 15.8. The Hall–Kier alpha value is -4.06. The van der Waals surface area contributed by atoms with E-state index in [-0.39, 0.29) is 5.91 Å². The van der Waals surface area contributed by atoms with Gasteiger partial charge in [0.05, 0.1) is 17.4 Å². The molecule has 0 saturated heterocycles. The highest BCUT2D eigenvalue weighted by Gasteiger charge is 2.06. The van der Waals surface area contributed by atoms with E-state index < -0.39 is 0 Å². The van der Waals surface area contributed by atoms with Crippen molar-refractivity contribution < 1.29 is 4.79 Å². The van der Waals surface area contributed by atoms with Gasteiger partial charge in [-0.1, -0.05) is 24.3 Å². The second-order valence-electron chi connectivity index (χ2n) is 6.50. The highest BCUT2D eigenvalue weighted by atomic mass is 16.2. The predicted molar refractivity (Wildman–Crippen MR) is 116 cm³/mol. The highest BCUT2D eigenvalue weighted by molar-refractivity contribution is 5.95. The minimum absolute atomic E-state index is 0.289. The average Bonchev–Trinajstić information content (AvgIpc) is 2.75. The molecule has 0 fully saturated rings. The fourth-order valence-corrected chi connectivity index (χ4v) is 2.94. The third-order valence-electron chi connectivity index (χ3n) is 4.39. The van der Waals surface area contributed by atoms with Crippen LogP contribution in [0.5, 0.6) is 0 Å². The summed E-state index contributed by atoms with van der Waals surface area (Å²) in [6.45, 7) is 2.06. The van der Waals surface area contributed by atoms with Crippen LogP contribution in [-0.4, -0.2) is 22.1 Å². The van der Waals surface area contributed by atoms with E-state index in [4.69, 9.17) is 0 Å².